The monoisotopic (exact) mass is 309 g/mol. The highest BCUT2D eigenvalue weighted by atomic mass is 32.1. The van der Waals surface area contributed by atoms with E-state index in [2.05, 4.69) is 10.3 Å². The molecule has 110 valence electrons. The number of aromatic nitrogens is 1. The molecule has 0 saturated carbocycles. The van der Waals surface area contributed by atoms with E-state index in [1.807, 2.05) is 0 Å². The smallest absolute Gasteiger partial charge is 0.355 e. The number of nitrogens with zero attached hydrogens (tertiary/aromatic N) is 1. The molecule has 0 aliphatic heterocycles. The Kier molecular flexibility index (Phi) is 4.18. The van der Waals surface area contributed by atoms with Gasteiger partial charge in [-0.05, 0) is 25.1 Å². The van der Waals surface area contributed by atoms with Crippen LogP contribution in [0.15, 0.2) is 23.6 Å². The Balaban J connectivity index is 2.17. The van der Waals surface area contributed by atoms with Gasteiger partial charge in [-0.25, -0.2) is 14.2 Å². The summed E-state index contributed by atoms with van der Waals surface area (Å²) in [7, 11) is 0. The number of thiazole rings is 1. The van der Waals surface area contributed by atoms with Gasteiger partial charge in [0.2, 0.25) is 5.91 Å². The number of carboxylic acids is 1. The molecule has 1 aromatic carbocycles. The molecule has 2 aromatic rings. The molecule has 6 nitrogen and oxygen atoms in total. The van der Waals surface area contributed by atoms with Gasteiger partial charge < -0.3 is 16.2 Å². The predicted molar refractivity (Wildman–Crippen MR) is 76.0 cm³/mol. The number of nitrogens with one attached hydrogen (secondary N) is 1. The lowest BCUT2D eigenvalue weighted by Gasteiger charge is -2.13. The van der Waals surface area contributed by atoms with Gasteiger partial charge >= 0.3 is 5.97 Å². The van der Waals surface area contributed by atoms with Crippen molar-refractivity contribution in [3.63, 3.8) is 0 Å². The van der Waals surface area contributed by atoms with E-state index in [0.29, 0.717) is 5.01 Å². The number of benzene rings is 1. The van der Waals surface area contributed by atoms with Crippen LogP contribution >= 0.6 is 11.3 Å². The Morgan fingerprint density at radius 2 is 2.19 bits per heavy atom. The zero-order valence-electron chi connectivity index (χ0n) is 11.0. The summed E-state index contributed by atoms with van der Waals surface area (Å²) in [6, 6.07) is 3.47. The first kappa shape index (κ1) is 14.9. The minimum Gasteiger partial charge on any atom is -0.476 e. The van der Waals surface area contributed by atoms with Gasteiger partial charge in [-0.3, -0.25) is 4.79 Å². The minimum atomic E-state index is -1.11. The van der Waals surface area contributed by atoms with Crippen LogP contribution in [0.2, 0.25) is 0 Å². The molecule has 0 radical (unpaired) electrons. The van der Waals surface area contributed by atoms with Gasteiger partial charge in [-0.1, -0.05) is 0 Å². The van der Waals surface area contributed by atoms with Gasteiger partial charge in [-0.15, -0.1) is 11.3 Å². The van der Waals surface area contributed by atoms with Crippen LogP contribution in [0.25, 0.3) is 0 Å². The number of hydrogen-bond donors (Lipinski definition) is 3. The van der Waals surface area contributed by atoms with E-state index in [0.717, 1.165) is 6.07 Å². The molecule has 1 aromatic heterocycles. The van der Waals surface area contributed by atoms with Crippen molar-refractivity contribution < 1.29 is 19.1 Å². The van der Waals surface area contributed by atoms with Crippen LogP contribution in [0.1, 0.15) is 38.8 Å². The second-order valence-corrected chi connectivity index (χ2v) is 5.19. The molecule has 0 fully saturated rings. The predicted octanol–water partition coefficient (Wildman–Crippen LogP) is 2.25. The molecule has 0 spiro atoms. The molecule has 0 saturated heterocycles. The Morgan fingerprint density at radius 1 is 1.48 bits per heavy atom. The van der Waals surface area contributed by atoms with E-state index >= 15 is 0 Å². The summed E-state index contributed by atoms with van der Waals surface area (Å²) in [5.74, 6) is -2.44. The summed E-state index contributed by atoms with van der Waals surface area (Å²) in [5.41, 5.74) is 5.28. The molecule has 0 aliphatic rings. The Hall–Kier alpha value is -2.48. The zero-order valence-corrected chi connectivity index (χ0v) is 11.8. The number of rotatable bonds is 5. The van der Waals surface area contributed by atoms with Crippen molar-refractivity contribution in [2.45, 2.75) is 13.0 Å². The highest BCUT2D eigenvalue weighted by Gasteiger charge is 2.15. The lowest BCUT2D eigenvalue weighted by atomic mass is 10.2. The third-order valence-corrected chi connectivity index (χ3v) is 3.76. The molecule has 1 heterocycles. The summed E-state index contributed by atoms with van der Waals surface area (Å²) < 4.78 is 13.8. The topological polar surface area (TPSA) is 105 Å². The molecular weight excluding hydrogens is 297 g/mol. The van der Waals surface area contributed by atoms with Crippen LogP contribution in [-0.4, -0.2) is 22.0 Å². The Labute approximate surface area is 123 Å². The van der Waals surface area contributed by atoms with Crippen LogP contribution in [-0.2, 0) is 0 Å². The molecule has 0 aliphatic carbocycles. The summed E-state index contributed by atoms with van der Waals surface area (Å²) in [6.07, 6.45) is 0. The number of carbonyl (C=O) groups is 2. The number of anilines is 1. The zero-order chi connectivity index (χ0) is 15.6. The quantitative estimate of drug-likeness (QED) is 0.785. The van der Waals surface area contributed by atoms with E-state index in [1.54, 1.807) is 6.92 Å². The first-order valence-electron chi connectivity index (χ1n) is 5.93. The van der Waals surface area contributed by atoms with E-state index < -0.39 is 17.7 Å². The van der Waals surface area contributed by atoms with Crippen molar-refractivity contribution in [3.05, 3.63) is 45.7 Å². The molecule has 1 amide bonds. The van der Waals surface area contributed by atoms with Crippen molar-refractivity contribution in [2.24, 2.45) is 5.73 Å². The molecule has 1 unspecified atom stereocenters. The second-order valence-electron chi connectivity index (χ2n) is 4.30. The third-order valence-electron chi connectivity index (χ3n) is 2.74. The summed E-state index contributed by atoms with van der Waals surface area (Å²) >= 11 is 1.17. The number of amides is 1. The standard InChI is InChI=1S/C13H12FN3O3S/c1-6(12-17-10(5-21-12)13(19)20)16-9-3-2-7(11(15)18)4-8(9)14/h2-6,16H,1H3,(H2,15,18)(H,19,20). The van der Waals surface area contributed by atoms with Crippen molar-refractivity contribution >= 4 is 28.9 Å². The maximum absolute atomic E-state index is 13.8. The van der Waals surface area contributed by atoms with Crippen LogP contribution in [0, 0.1) is 5.82 Å². The maximum atomic E-state index is 13.8. The van der Waals surface area contributed by atoms with Crippen molar-refractivity contribution in [1.82, 2.24) is 4.98 Å². The van der Waals surface area contributed by atoms with Gasteiger partial charge in [-0.2, -0.15) is 0 Å². The number of aromatic carboxylic acids is 1. The first-order chi connectivity index (χ1) is 9.88. The SMILES string of the molecule is CC(Nc1ccc(C(N)=O)cc1F)c1nc(C(=O)O)cs1. The van der Waals surface area contributed by atoms with Crippen molar-refractivity contribution in [1.29, 1.82) is 0 Å². The normalized spacial score (nSPS) is 11.9. The van der Waals surface area contributed by atoms with Crippen LogP contribution in [0.5, 0.6) is 0 Å². The molecule has 8 heteroatoms. The largest absolute Gasteiger partial charge is 0.476 e. The fraction of sp³-hybridized carbons (Fsp3) is 0.154. The fourth-order valence-electron chi connectivity index (χ4n) is 1.67. The van der Waals surface area contributed by atoms with Crippen LogP contribution < -0.4 is 11.1 Å². The third kappa shape index (κ3) is 3.34. The first-order valence-corrected chi connectivity index (χ1v) is 6.81. The highest BCUT2D eigenvalue weighted by molar-refractivity contribution is 7.09. The van der Waals surface area contributed by atoms with E-state index in [4.69, 9.17) is 10.8 Å². The van der Waals surface area contributed by atoms with Gasteiger partial charge in [0.15, 0.2) is 5.69 Å². The highest BCUT2D eigenvalue weighted by Crippen LogP contribution is 2.24. The van der Waals surface area contributed by atoms with Gasteiger partial charge in [0, 0.05) is 10.9 Å². The van der Waals surface area contributed by atoms with Crippen molar-refractivity contribution in [2.75, 3.05) is 5.32 Å². The number of carboxylic acid groups (broad SMARTS) is 1. The summed E-state index contributed by atoms with van der Waals surface area (Å²) in [4.78, 5) is 25.7. The lowest BCUT2D eigenvalue weighted by molar-refractivity contribution is 0.0691. The van der Waals surface area contributed by atoms with Gasteiger partial charge in [0.05, 0.1) is 11.7 Å². The molecule has 21 heavy (non-hydrogen) atoms. The van der Waals surface area contributed by atoms with E-state index in [1.165, 1.54) is 28.8 Å². The van der Waals surface area contributed by atoms with E-state index in [-0.39, 0.29) is 23.0 Å². The molecular formula is C13H12FN3O3S. The Morgan fingerprint density at radius 3 is 2.71 bits per heavy atom. The molecule has 2 rings (SSSR count). The Bertz CT molecular complexity index is 702. The van der Waals surface area contributed by atoms with Gasteiger partial charge in [0.1, 0.15) is 10.8 Å². The lowest BCUT2D eigenvalue weighted by Crippen LogP contribution is -2.13. The number of primary amides is 1. The molecule has 4 N–H and O–H groups in total. The number of hydrogen-bond acceptors (Lipinski definition) is 5. The molecule has 0 bridgehead atoms. The minimum absolute atomic E-state index is 0.0480. The summed E-state index contributed by atoms with van der Waals surface area (Å²) in [6.45, 7) is 1.73. The van der Waals surface area contributed by atoms with Gasteiger partial charge in [0.25, 0.3) is 0 Å². The summed E-state index contributed by atoms with van der Waals surface area (Å²) in [5, 5.41) is 13.6. The molecule has 1 atom stereocenters. The van der Waals surface area contributed by atoms with E-state index in [9.17, 15) is 14.0 Å². The number of nitrogens with two attached hydrogens (primary N) is 1. The van der Waals surface area contributed by atoms with Crippen LogP contribution in [0.3, 0.4) is 0 Å². The number of halogens is 1. The second kappa shape index (κ2) is 5.88. The van der Waals surface area contributed by atoms with Crippen molar-refractivity contribution in [3.8, 4) is 0 Å². The average molecular weight is 309 g/mol. The average Bonchev–Trinajstić information content (AvgIpc) is 2.90. The maximum Gasteiger partial charge on any atom is 0.355 e. The van der Waals surface area contributed by atoms with Crippen LogP contribution in [0.4, 0.5) is 10.1 Å². The fourth-order valence-corrected chi connectivity index (χ4v) is 2.47. The number of carbonyl (C=O) groups excluding carboxylic acids is 1.